The highest BCUT2D eigenvalue weighted by Crippen LogP contribution is 2.20. The second-order valence-electron chi connectivity index (χ2n) is 3.82. The quantitative estimate of drug-likeness (QED) is 0.830. The molecule has 1 heterocycles. The number of alkyl halides is 2. The van der Waals surface area contributed by atoms with Crippen molar-refractivity contribution in [3.63, 3.8) is 0 Å². The molecule has 1 aromatic heterocycles. The number of nitrogens with two attached hydrogens (primary N) is 1. The summed E-state index contributed by atoms with van der Waals surface area (Å²) in [4.78, 5) is 4.31. The van der Waals surface area contributed by atoms with E-state index in [2.05, 4.69) is 15.0 Å². The van der Waals surface area contributed by atoms with Crippen LogP contribution in [0.4, 0.5) is 20.2 Å². The maximum absolute atomic E-state index is 12.0. The summed E-state index contributed by atoms with van der Waals surface area (Å²) in [5, 5.41) is 3.06. The third-order valence-corrected chi connectivity index (χ3v) is 2.59. The summed E-state index contributed by atoms with van der Waals surface area (Å²) < 4.78 is 28.3. The van der Waals surface area contributed by atoms with Gasteiger partial charge in [-0.15, -0.1) is 0 Å². The highest BCUT2D eigenvalue weighted by Gasteiger charge is 2.04. The van der Waals surface area contributed by atoms with Gasteiger partial charge in [-0.05, 0) is 36.4 Å². The molecule has 0 aliphatic carbocycles. The van der Waals surface area contributed by atoms with Crippen LogP contribution in [-0.4, -0.2) is 16.6 Å². The number of hydrogen-bond acceptors (Lipinski definition) is 4. The van der Waals surface area contributed by atoms with Crippen molar-refractivity contribution in [1.82, 2.24) is 4.98 Å². The minimum Gasteiger partial charge on any atom is -0.435 e. The molecule has 0 spiro atoms. The fourth-order valence-corrected chi connectivity index (χ4v) is 1.62. The number of rotatable bonds is 5. The Labute approximate surface area is 119 Å². The van der Waals surface area contributed by atoms with Gasteiger partial charge in [-0.3, -0.25) is 4.98 Å². The Hall–Kier alpha value is -2.28. The lowest BCUT2D eigenvalue weighted by atomic mass is 10.2. The average molecular weight is 295 g/mol. The normalized spacial score (nSPS) is 10.3. The summed E-state index contributed by atoms with van der Waals surface area (Å²) in [7, 11) is 0. The Morgan fingerprint density at radius 1 is 1.15 bits per heavy atom. The van der Waals surface area contributed by atoms with Crippen LogP contribution in [0.1, 0.15) is 5.69 Å². The topological polar surface area (TPSA) is 60.2 Å². The van der Waals surface area contributed by atoms with Crippen molar-refractivity contribution in [2.45, 2.75) is 6.61 Å². The van der Waals surface area contributed by atoms with E-state index in [1.54, 1.807) is 30.5 Å². The molecule has 3 N–H and O–H groups in total. The van der Waals surface area contributed by atoms with E-state index in [9.17, 15) is 8.78 Å². The minimum atomic E-state index is -2.83. The van der Waals surface area contributed by atoms with E-state index in [0.29, 0.717) is 5.69 Å². The van der Waals surface area contributed by atoms with Crippen LogP contribution in [-0.2, 0) is 0 Å². The Morgan fingerprint density at radius 3 is 2.30 bits per heavy atom. The smallest absolute Gasteiger partial charge is 0.387 e. The summed E-state index contributed by atoms with van der Waals surface area (Å²) in [6.07, 6.45) is 1.58. The Bertz CT molecular complexity index is 588. The molecule has 0 saturated carbocycles. The first kappa shape index (κ1) is 14.1. The van der Waals surface area contributed by atoms with Gasteiger partial charge in [-0.1, -0.05) is 12.2 Å². The van der Waals surface area contributed by atoms with Gasteiger partial charge in [0, 0.05) is 5.69 Å². The van der Waals surface area contributed by atoms with Gasteiger partial charge in [0.2, 0.25) is 0 Å². The third-order valence-electron chi connectivity index (χ3n) is 2.38. The van der Waals surface area contributed by atoms with Gasteiger partial charge >= 0.3 is 6.61 Å². The first-order valence-electron chi connectivity index (χ1n) is 5.62. The number of ether oxygens (including phenoxy) is 1. The van der Waals surface area contributed by atoms with Crippen molar-refractivity contribution >= 4 is 28.6 Å². The van der Waals surface area contributed by atoms with E-state index in [1.165, 1.54) is 12.1 Å². The number of aromatic nitrogens is 1. The van der Waals surface area contributed by atoms with Gasteiger partial charge < -0.3 is 15.8 Å². The van der Waals surface area contributed by atoms with Crippen LogP contribution < -0.4 is 15.8 Å². The number of thiocarbonyl (C=S) groups is 1. The van der Waals surface area contributed by atoms with Gasteiger partial charge in [0.15, 0.2) is 0 Å². The first-order chi connectivity index (χ1) is 9.54. The molecule has 0 unspecified atom stereocenters. The lowest BCUT2D eigenvalue weighted by molar-refractivity contribution is -0.0498. The lowest BCUT2D eigenvalue weighted by Crippen LogP contribution is -2.11. The molecule has 20 heavy (non-hydrogen) atoms. The van der Waals surface area contributed by atoms with E-state index in [1.807, 2.05) is 0 Å². The summed E-state index contributed by atoms with van der Waals surface area (Å²) in [6, 6.07) is 9.61. The van der Waals surface area contributed by atoms with E-state index in [-0.39, 0.29) is 10.7 Å². The van der Waals surface area contributed by atoms with Crippen LogP contribution in [0.25, 0.3) is 0 Å². The number of hydrogen-bond donors (Lipinski definition) is 2. The van der Waals surface area contributed by atoms with Gasteiger partial charge in [0.1, 0.15) is 10.7 Å². The standard InChI is InChI=1S/C13H11F2N3OS/c14-13(15)19-10-4-1-8(2-5-10)18-9-3-6-11(12(16)20)17-7-9/h1-7,13,18H,(H2,16,20). The lowest BCUT2D eigenvalue weighted by Gasteiger charge is -2.08. The Kier molecular flexibility index (Phi) is 4.41. The summed E-state index contributed by atoms with van der Waals surface area (Å²) in [5.41, 5.74) is 7.43. The van der Waals surface area contributed by atoms with E-state index < -0.39 is 6.61 Å². The molecule has 1 aromatic carbocycles. The SMILES string of the molecule is NC(=S)c1ccc(Nc2ccc(OC(F)F)cc2)cn1. The highest BCUT2D eigenvalue weighted by atomic mass is 32.1. The number of pyridine rings is 1. The molecule has 0 radical (unpaired) electrons. The summed E-state index contributed by atoms with van der Waals surface area (Å²) in [5.74, 6) is 0.104. The highest BCUT2D eigenvalue weighted by molar-refractivity contribution is 7.80. The number of halogens is 2. The minimum absolute atomic E-state index is 0.104. The predicted octanol–water partition coefficient (Wildman–Crippen LogP) is 3.06. The first-order valence-corrected chi connectivity index (χ1v) is 6.03. The van der Waals surface area contributed by atoms with Crippen molar-refractivity contribution in [1.29, 1.82) is 0 Å². The van der Waals surface area contributed by atoms with Crippen molar-refractivity contribution in [3.05, 3.63) is 48.3 Å². The molecule has 0 bridgehead atoms. The number of anilines is 2. The van der Waals surface area contributed by atoms with Crippen LogP contribution in [0, 0.1) is 0 Å². The Balaban J connectivity index is 2.04. The zero-order valence-electron chi connectivity index (χ0n) is 10.2. The molecule has 2 aromatic rings. The molecule has 2 rings (SSSR count). The molecule has 104 valence electrons. The van der Waals surface area contributed by atoms with E-state index in [0.717, 1.165) is 11.4 Å². The zero-order chi connectivity index (χ0) is 14.5. The van der Waals surface area contributed by atoms with E-state index in [4.69, 9.17) is 18.0 Å². The molecule has 0 fully saturated rings. The molecule has 4 nitrogen and oxygen atoms in total. The third kappa shape index (κ3) is 3.86. The summed E-state index contributed by atoms with van der Waals surface area (Å²) in [6.45, 7) is -2.83. The molecule has 0 aliphatic rings. The Morgan fingerprint density at radius 2 is 1.80 bits per heavy atom. The van der Waals surface area contributed by atoms with Crippen LogP contribution in [0.15, 0.2) is 42.6 Å². The fourth-order valence-electron chi connectivity index (χ4n) is 1.50. The van der Waals surface area contributed by atoms with Crippen molar-refractivity contribution in [2.24, 2.45) is 5.73 Å². The van der Waals surface area contributed by atoms with Gasteiger partial charge in [-0.25, -0.2) is 0 Å². The maximum atomic E-state index is 12.0. The zero-order valence-corrected chi connectivity index (χ0v) is 11.0. The second kappa shape index (κ2) is 6.25. The summed E-state index contributed by atoms with van der Waals surface area (Å²) >= 11 is 4.80. The van der Waals surface area contributed by atoms with Crippen LogP contribution in [0.5, 0.6) is 5.75 Å². The molecule has 7 heteroatoms. The van der Waals surface area contributed by atoms with Gasteiger partial charge in [-0.2, -0.15) is 8.78 Å². The molecule has 0 saturated heterocycles. The maximum Gasteiger partial charge on any atom is 0.387 e. The molecule has 0 atom stereocenters. The van der Waals surface area contributed by atoms with E-state index >= 15 is 0 Å². The monoisotopic (exact) mass is 295 g/mol. The number of benzene rings is 1. The van der Waals surface area contributed by atoms with Crippen LogP contribution >= 0.6 is 12.2 Å². The average Bonchev–Trinajstić information content (AvgIpc) is 2.41. The molecule has 0 aliphatic heterocycles. The van der Waals surface area contributed by atoms with Crippen molar-refractivity contribution < 1.29 is 13.5 Å². The van der Waals surface area contributed by atoms with Crippen LogP contribution in [0.2, 0.25) is 0 Å². The largest absolute Gasteiger partial charge is 0.435 e. The van der Waals surface area contributed by atoms with Crippen LogP contribution in [0.3, 0.4) is 0 Å². The predicted molar refractivity (Wildman–Crippen MR) is 76.5 cm³/mol. The van der Waals surface area contributed by atoms with Gasteiger partial charge in [0.25, 0.3) is 0 Å². The second-order valence-corrected chi connectivity index (χ2v) is 4.26. The number of nitrogens with one attached hydrogen (secondary N) is 1. The molecular weight excluding hydrogens is 284 g/mol. The molecule has 0 amide bonds. The van der Waals surface area contributed by atoms with Crippen molar-refractivity contribution in [3.8, 4) is 5.75 Å². The van der Waals surface area contributed by atoms with Gasteiger partial charge in [0.05, 0.1) is 17.6 Å². The fraction of sp³-hybridized carbons (Fsp3) is 0.0769. The molecular formula is C13H11F2N3OS. The van der Waals surface area contributed by atoms with Crippen molar-refractivity contribution in [2.75, 3.05) is 5.32 Å². The number of nitrogens with zero attached hydrogens (tertiary/aromatic N) is 1.